The molecule has 2 aromatic rings. The highest BCUT2D eigenvalue weighted by atomic mass is 16.6. The van der Waals surface area contributed by atoms with E-state index in [2.05, 4.69) is 0 Å². The minimum Gasteiger partial charge on any atom is -0.484 e. The van der Waals surface area contributed by atoms with Crippen molar-refractivity contribution in [3.05, 3.63) is 40.2 Å². The number of ether oxygens (including phenoxy) is 2. The molecule has 2 heterocycles. The molecule has 5 heteroatoms. The Kier molecular flexibility index (Phi) is 3.66. The van der Waals surface area contributed by atoms with Crippen molar-refractivity contribution >= 4 is 16.9 Å². The molecule has 0 fully saturated rings. The van der Waals surface area contributed by atoms with Crippen LogP contribution in [0.3, 0.4) is 0 Å². The summed E-state index contributed by atoms with van der Waals surface area (Å²) in [6.07, 6.45) is 0.00598. The van der Waals surface area contributed by atoms with E-state index >= 15 is 0 Å². The molecule has 1 aliphatic rings. The number of carbonyl (C=O) groups excluding carboxylic acids is 1. The molecule has 122 valence electrons. The Morgan fingerprint density at radius 3 is 2.65 bits per heavy atom. The van der Waals surface area contributed by atoms with Gasteiger partial charge in [-0.25, -0.2) is 4.79 Å². The van der Waals surface area contributed by atoms with Crippen molar-refractivity contribution in [1.82, 2.24) is 0 Å². The largest absolute Gasteiger partial charge is 0.484 e. The van der Waals surface area contributed by atoms with Gasteiger partial charge in [0.15, 0.2) is 0 Å². The van der Waals surface area contributed by atoms with Crippen LogP contribution in [0.4, 0.5) is 0 Å². The second-order valence-corrected chi connectivity index (χ2v) is 6.70. The van der Waals surface area contributed by atoms with Crippen molar-refractivity contribution < 1.29 is 18.7 Å². The van der Waals surface area contributed by atoms with E-state index in [0.29, 0.717) is 17.8 Å². The lowest BCUT2D eigenvalue weighted by atomic mass is 9.90. The molecule has 1 aromatic carbocycles. The van der Waals surface area contributed by atoms with Gasteiger partial charge in [0.1, 0.15) is 23.0 Å². The van der Waals surface area contributed by atoms with Gasteiger partial charge < -0.3 is 13.9 Å². The number of fused-ring (bicyclic) bond motifs is 3. The predicted molar refractivity (Wildman–Crippen MR) is 85.6 cm³/mol. The van der Waals surface area contributed by atoms with Gasteiger partial charge in [-0.2, -0.15) is 0 Å². The lowest BCUT2D eigenvalue weighted by Crippen LogP contribution is -2.49. The first-order valence-electron chi connectivity index (χ1n) is 7.73. The van der Waals surface area contributed by atoms with Crippen LogP contribution in [0.5, 0.6) is 5.75 Å². The van der Waals surface area contributed by atoms with E-state index in [0.717, 1.165) is 10.9 Å². The molecule has 23 heavy (non-hydrogen) atoms. The van der Waals surface area contributed by atoms with Crippen molar-refractivity contribution in [2.24, 2.45) is 5.92 Å². The highest BCUT2D eigenvalue weighted by Crippen LogP contribution is 2.38. The van der Waals surface area contributed by atoms with Gasteiger partial charge in [0.25, 0.3) is 0 Å². The van der Waals surface area contributed by atoms with Gasteiger partial charge in [-0.05, 0) is 32.0 Å². The number of carbonyl (C=O) groups is 1. The zero-order chi connectivity index (χ0) is 16.8. The SMILES string of the molecule is CC(C)C(=O)OC1Cc2c(ccc3ccc(=O)oc23)OC1(C)C. The average molecular weight is 316 g/mol. The van der Waals surface area contributed by atoms with E-state index < -0.39 is 17.3 Å². The van der Waals surface area contributed by atoms with Crippen LogP contribution in [0.25, 0.3) is 11.0 Å². The fraction of sp³-hybridized carbons (Fsp3) is 0.444. The second-order valence-electron chi connectivity index (χ2n) is 6.70. The minimum atomic E-state index is -0.652. The number of rotatable bonds is 2. The van der Waals surface area contributed by atoms with Crippen molar-refractivity contribution in [3.63, 3.8) is 0 Å². The molecule has 0 aliphatic carbocycles. The van der Waals surface area contributed by atoms with Crippen molar-refractivity contribution in [2.75, 3.05) is 0 Å². The third-order valence-electron chi connectivity index (χ3n) is 4.12. The lowest BCUT2D eigenvalue weighted by Gasteiger charge is -2.39. The van der Waals surface area contributed by atoms with Gasteiger partial charge in [0.2, 0.25) is 0 Å². The molecule has 1 atom stereocenters. The molecule has 3 rings (SSSR count). The quantitative estimate of drug-likeness (QED) is 0.629. The predicted octanol–water partition coefficient (Wildman–Crippen LogP) is 3.07. The molecule has 1 aliphatic heterocycles. The molecule has 0 N–H and O–H groups in total. The second kappa shape index (κ2) is 5.41. The van der Waals surface area contributed by atoms with Gasteiger partial charge in [-0.1, -0.05) is 13.8 Å². The summed E-state index contributed by atoms with van der Waals surface area (Å²) in [4.78, 5) is 23.5. The average Bonchev–Trinajstić information content (AvgIpc) is 2.47. The zero-order valence-electron chi connectivity index (χ0n) is 13.7. The molecule has 0 bridgehead atoms. The summed E-state index contributed by atoms with van der Waals surface area (Å²) in [7, 11) is 0. The van der Waals surface area contributed by atoms with Crippen LogP contribution < -0.4 is 10.4 Å². The van der Waals surface area contributed by atoms with Crippen LogP contribution in [0, 0.1) is 5.92 Å². The topological polar surface area (TPSA) is 65.7 Å². The highest BCUT2D eigenvalue weighted by Gasteiger charge is 2.41. The summed E-state index contributed by atoms with van der Waals surface area (Å²) < 4.78 is 17.0. The van der Waals surface area contributed by atoms with E-state index in [9.17, 15) is 9.59 Å². The summed E-state index contributed by atoms with van der Waals surface area (Å²) in [5.41, 5.74) is 0.198. The summed E-state index contributed by atoms with van der Waals surface area (Å²) in [6, 6.07) is 6.82. The smallest absolute Gasteiger partial charge is 0.336 e. The highest BCUT2D eigenvalue weighted by molar-refractivity contribution is 5.82. The van der Waals surface area contributed by atoms with Gasteiger partial charge in [0, 0.05) is 23.4 Å². The Morgan fingerprint density at radius 2 is 1.96 bits per heavy atom. The first-order chi connectivity index (χ1) is 10.8. The summed E-state index contributed by atoms with van der Waals surface area (Å²) in [6.45, 7) is 7.36. The molecule has 5 nitrogen and oxygen atoms in total. The van der Waals surface area contributed by atoms with Crippen LogP contribution in [0.1, 0.15) is 33.3 Å². The van der Waals surface area contributed by atoms with Crippen molar-refractivity contribution in [1.29, 1.82) is 0 Å². The van der Waals surface area contributed by atoms with Crippen LogP contribution in [0.15, 0.2) is 33.5 Å². The van der Waals surface area contributed by atoms with Crippen molar-refractivity contribution in [2.45, 2.75) is 45.8 Å². The third kappa shape index (κ3) is 2.83. The maximum absolute atomic E-state index is 12.0. The molecule has 0 radical (unpaired) electrons. The van der Waals surface area contributed by atoms with Crippen LogP contribution in [-0.4, -0.2) is 17.7 Å². The normalized spacial score (nSPS) is 19.3. The van der Waals surface area contributed by atoms with E-state index in [4.69, 9.17) is 13.9 Å². The fourth-order valence-corrected chi connectivity index (χ4v) is 2.70. The molecule has 1 aromatic heterocycles. The Balaban J connectivity index is 2.05. The number of esters is 1. The van der Waals surface area contributed by atoms with E-state index in [1.807, 2.05) is 26.0 Å². The molecular formula is C18H20O5. The van der Waals surface area contributed by atoms with Gasteiger partial charge in [0.05, 0.1) is 5.92 Å². The first-order valence-corrected chi connectivity index (χ1v) is 7.73. The van der Waals surface area contributed by atoms with E-state index in [1.165, 1.54) is 6.07 Å². The van der Waals surface area contributed by atoms with Crippen LogP contribution >= 0.6 is 0 Å². The maximum atomic E-state index is 12.0. The molecule has 0 spiro atoms. The Labute approximate surface area is 134 Å². The lowest BCUT2D eigenvalue weighted by molar-refractivity contribution is -0.164. The van der Waals surface area contributed by atoms with E-state index in [-0.39, 0.29) is 11.9 Å². The Bertz CT molecular complexity index is 816. The first kappa shape index (κ1) is 15.6. The minimum absolute atomic E-state index is 0.211. The Morgan fingerprint density at radius 1 is 1.26 bits per heavy atom. The molecule has 1 unspecified atom stereocenters. The molecule has 0 saturated carbocycles. The summed E-state index contributed by atoms with van der Waals surface area (Å²) >= 11 is 0. The van der Waals surface area contributed by atoms with Gasteiger partial charge in [-0.3, -0.25) is 4.79 Å². The monoisotopic (exact) mass is 316 g/mol. The van der Waals surface area contributed by atoms with Crippen LogP contribution in [0.2, 0.25) is 0 Å². The third-order valence-corrected chi connectivity index (χ3v) is 4.12. The van der Waals surface area contributed by atoms with Gasteiger partial charge >= 0.3 is 11.6 Å². The Hall–Kier alpha value is -2.30. The number of benzene rings is 1. The van der Waals surface area contributed by atoms with Crippen molar-refractivity contribution in [3.8, 4) is 5.75 Å². The zero-order valence-corrected chi connectivity index (χ0v) is 13.7. The molecule has 0 saturated heterocycles. The molecule has 0 amide bonds. The summed E-state index contributed by atoms with van der Waals surface area (Å²) in [5.74, 6) is 0.183. The number of hydrogen-bond donors (Lipinski definition) is 0. The fourth-order valence-electron chi connectivity index (χ4n) is 2.70. The van der Waals surface area contributed by atoms with E-state index in [1.54, 1.807) is 19.9 Å². The number of hydrogen-bond acceptors (Lipinski definition) is 5. The van der Waals surface area contributed by atoms with Gasteiger partial charge in [-0.15, -0.1) is 0 Å². The summed E-state index contributed by atoms with van der Waals surface area (Å²) in [5, 5.41) is 0.820. The van der Waals surface area contributed by atoms with Crippen LogP contribution in [-0.2, 0) is 16.0 Å². The standard InChI is InChI=1S/C18H20O5/c1-10(2)17(20)21-14-9-12-13(23-18(14,3)4)7-5-11-6-8-15(19)22-16(11)12/h5-8,10,14H,9H2,1-4H3. The molecular weight excluding hydrogens is 296 g/mol. The maximum Gasteiger partial charge on any atom is 0.336 e.